The first-order valence-electron chi connectivity index (χ1n) is 9.20. The third kappa shape index (κ3) is 3.77. The Balaban J connectivity index is 0.000000552. The number of benzene rings is 2. The summed E-state index contributed by atoms with van der Waals surface area (Å²) in [5, 5.41) is 13.0. The zero-order chi connectivity index (χ0) is 21.1. The van der Waals surface area contributed by atoms with E-state index in [1.165, 1.54) is 7.11 Å². The lowest BCUT2D eigenvalue weighted by Crippen LogP contribution is -2.36. The fourth-order valence-corrected chi connectivity index (χ4v) is 3.65. The van der Waals surface area contributed by atoms with E-state index in [0.29, 0.717) is 12.1 Å². The molecule has 29 heavy (non-hydrogen) atoms. The van der Waals surface area contributed by atoms with Gasteiger partial charge in [-0.2, -0.15) is 0 Å². The third-order valence-corrected chi connectivity index (χ3v) is 4.80. The van der Waals surface area contributed by atoms with Crippen molar-refractivity contribution in [1.29, 1.82) is 0 Å². The SMILES string of the molecule is CC(=O)[O-].COC(=O)c1c2cc[n+](CCN)cc2c(C)c2c1[nH]c1ccccc12. The number of carboxylic acid groups (broad SMARTS) is 1. The summed E-state index contributed by atoms with van der Waals surface area (Å²) in [7, 11) is 1.42. The van der Waals surface area contributed by atoms with Crippen molar-refractivity contribution in [2.45, 2.75) is 20.4 Å². The number of hydrogen-bond acceptors (Lipinski definition) is 5. The minimum atomic E-state index is -1.08. The van der Waals surface area contributed by atoms with Gasteiger partial charge in [-0.1, -0.05) is 18.2 Å². The average Bonchev–Trinajstić information content (AvgIpc) is 3.07. The van der Waals surface area contributed by atoms with Gasteiger partial charge >= 0.3 is 5.97 Å². The molecule has 0 aliphatic heterocycles. The van der Waals surface area contributed by atoms with Crippen LogP contribution >= 0.6 is 0 Å². The second-order valence-electron chi connectivity index (χ2n) is 6.70. The van der Waals surface area contributed by atoms with Crippen LogP contribution in [0.5, 0.6) is 0 Å². The maximum absolute atomic E-state index is 12.6. The van der Waals surface area contributed by atoms with Gasteiger partial charge in [-0.05, 0) is 25.5 Å². The number of pyridine rings is 1. The second-order valence-corrected chi connectivity index (χ2v) is 6.70. The van der Waals surface area contributed by atoms with E-state index in [1.807, 2.05) is 30.5 Å². The van der Waals surface area contributed by atoms with Gasteiger partial charge in [0, 0.05) is 33.7 Å². The van der Waals surface area contributed by atoms with Crippen LogP contribution in [0.2, 0.25) is 0 Å². The summed E-state index contributed by atoms with van der Waals surface area (Å²) in [5.74, 6) is -1.42. The quantitative estimate of drug-likeness (QED) is 0.405. The van der Waals surface area contributed by atoms with E-state index in [1.54, 1.807) is 0 Å². The first-order valence-corrected chi connectivity index (χ1v) is 9.20. The van der Waals surface area contributed by atoms with Gasteiger partial charge < -0.3 is 25.4 Å². The molecule has 0 spiro atoms. The van der Waals surface area contributed by atoms with Crippen LogP contribution in [0.1, 0.15) is 22.8 Å². The van der Waals surface area contributed by atoms with Crippen LogP contribution in [-0.4, -0.2) is 30.6 Å². The van der Waals surface area contributed by atoms with Crippen molar-refractivity contribution in [3.05, 3.63) is 53.9 Å². The molecule has 3 N–H and O–H groups in total. The number of aromatic nitrogens is 2. The lowest BCUT2D eigenvalue weighted by Gasteiger charge is -2.10. The molecule has 2 aromatic heterocycles. The minimum Gasteiger partial charge on any atom is -0.550 e. The molecule has 0 fully saturated rings. The van der Waals surface area contributed by atoms with E-state index in [9.17, 15) is 4.79 Å². The Morgan fingerprint density at radius 2 is 1.86 bits per heavy atom. The maximum Gasteiger partial charge on any atom is 0.340 e. The maximum atomic E-state index is 12.6. The monoisotopic (exact) mass is 393 g/mol. The number of fused-ring (bicyclic) bond motifs is 4. The van der Waals surface area contributed by atoms with Crippen LogP contribution in [0, 0.1) is 6.92 Å². The van der Waals surface area contributed by atoms with Crippen LogP contribution in [-0.2, 0) is 16.1 Å². The molecule has 0 amide bonds. The summed E-state index contributed by atoms with van der Waals surface area (Å²) in [4.78, 5) is 24.9. The van der Waals surface area contributed by atoms with Crippen molar-refractivity contribution in [2.75, 3.05) is 13.7 Å². The largest absolute Gasteiger partial charge is 0.550 e. The summed E-state index contributed by atoms with van der Waals surface area (Å²) in [6, 6.07) is 10.1. The fraction of sp³-hybridized carbons (Fsp3) is 0.227. The molecular weight excluding hydrogens is 370 g/mol. The van der Waals surface area contributed by atoms with Gasteiger partial charge in [-0.3, -0.25) is 0 Å². The zero-order valence-electron chi connectivity index (χ0n) is 16.6. The van der Waals surface area contributed by atoms with Gasteiger partial charge in [-0.15, -0.1) is 0 Å². The molecule has 150 valence electrons. The molecule has 0 saturated heterocycles. The molecule has 4 rings (SSSR count). The lowest BCUT2D eigenvalue weighted by molar-refractivity contribution is -0.693. The molecule has 0 bridgehead atoms. The van der Waals surface area contributed by atoms with E-state index >= 15 is 0 Å². The molecule has 2 aromatic carbocycles. The first-order chi connectivity index (χ1) is 13.9. The van der Waals surface area contributed by atoms with Gasteiger partial charge in [0.15, 0.2) is 18.9 Å². The van der Waals surface area contributed by atoms with Crippen LogP contribution in [0.4, 0.5) is 0 Å². The first kappa shape index (κ1) is 20.3. The van der Waals surface area contributed by atoms with Crippen molar-refractivity contribution in [3.63, 3.8) is 0 Å². The molecule has 2 heterocycles. The van der Waals surface area contributed by atoms with E-state index in [-0.39, 0.29) is 5.97 Å². The Morgan fingerprint density at radius 1 is 1.17 bits per heavy atom. The lowest BCUT2D eigenvalue weighted by atomic mass is 9.96. The summed E-state index contributed by atoms with van der Waals surface area (Å²) < 4.78 is 7.13. The fourth-order valence-electron chi connectivity index (χ4n) is 3.65. The van der Waals surface area contributed by atoms with Crippen LogP contribution < -0.4 is 15.4 Å². The number of ether oxygens (including phenoxy) is 1. The molecular formula is C22H23N3O4. The number of hydrogen-bond donors (Lipinski definition) is 2. The Hall–Kier alpha value is -3.45. The van der Waals surface area contributed by atoms with Crippen LogP contribution in [0.25, 0.3) is 32.6 Å². The molecule has 7 nitrogen and oxygen atoms in total. The van der Waals surface area contributed by atoms with Crippen molar-refractivity contribution in [3.8, 4) is 0 Å². The standard InChI is InChI=1S/C20H19N3O2.C2H4O2/c1-12-15-11-23(10-8-21)9-7-13(15)18(20(24)25-2)19-17(12)14-5-3-4-6-16(14)22-19;1-2(3)4/h3-7,9,11H,8,10,21H2,1-2H3;1H3,(H,3,4). The average molecular weight is 393 g/mol. The third-order valence-electron chi connectivity index (χ3n) is 4.80. The topological polar surface area (TPSA) is 112 Å². The molecule has 0 unspecified atom stereocenters. The molecule has 0 aliphatic rings. The van der Waals surface area contributed by atoms with Crippen molar-refractivity contribution < 1.29 is 24.0 Å². The van der Waals surface area contributed by atoms with Gasteiger partial charge in [-0.25, -0.2) is 9.36 Å². The van der Waals surface area contributed by atoms with Crippen molar-refractivity contribution in [1.82, 2.24) is 4.98 Å². The summed E-state index contributed by atoms with van der Waals surface area (Å²) in [6.07, 6.45) is 4.01. The number of carbonyl (C=O) groups is 2. The predicted octanol–water partition coefficient (Wildman–Crippen LogP) is 1.57. The number of methoxy groups -OCH3 is 1. The highest BCUT2D eigenvalue weighted by atomic mass is 16.5. The number of aryl methyl sites for hydroxylation is 1. The Bertz CT molecular complexity index is 1220. The minimum absolute atomic E-state index is 0.335. The molecule has 4 aromatic rings. The molecule has 0 saturated carbocycles. The highest BCUT2D eigenvalue weighted by molar-refractivity contribution is 6.23. The zero-order valence-corrected chi connectivity index (χ0v) is 16.6. The van der Waals surface area contributed by atoms with E-state index in [0.717, 1.165) is 51.6 Å². The number of rotatable bonds is 3. The number of nitrogens with one attached hydrogen (secondary N) is 1. The van der Waals surface area contributed by atoms with E-state index in [2.05, 4.69) is 28.7 Å². The molecule has 7 heteroatoms. The number of carboxylic acids is 1. The predicted molar refractivity (Wildman–Crippen MR) is 109 cm³/mol. The van der Waals surface area contributed by atoms with Gasteiger partial charge in [0.25, 0.3) is 0 Å². The number of esters is 1. The molecule has 0 aliphatic carbocycles. The van der Waals surface area contributed by atoms with Crippen LogP contribution in [0.15, 0.2) is 42.7 Å². The van der Waals surface area contributed by atoms with Crippen molar-refractivity contribution >= 4 is 44.5 Å². The number of H-pyrrole nitrogens is 1. The number of aromatic amines is 1. The number of nitrogens with zero attached hydrogens (tertiary/aromatic N) is 1. The number of aliphatic carboxylic acids is 1. The number of nitrogens with two attached hydrogens (primary N) is 1. The summed E-state index contributed by atoms with van der Waals surface area (Å²) in [6.45, 7) is 4.36. The molecule has 0 radical (unpaired) electrons. The van der Waals surface area contributed by atoms with Gasteiger partial charge in [0.1, 0.15) is 0 Å². The summed E-state index contributed by atoms with van der Waals surface area (Å²) in [5.41, 5.74) is 9.25. The van der Waals surface area contributed by atoms with E-state index in [4.69, 9.17) is 20.4 Å². The van der Waals surface area contributed by atoms with Crippen molar-refractivity contribution in [2.24, 2.45) is 5.73 Å². The highest BCUT2D eigenvalue weighted by Gasteiger charge is 2.22. The number of para-hydroxylation sites is 1. The van der Waals surface area contributed by atoms with Gasteiger partial charge in [0.2, 0.25) is 0 Å². The van der Waals surface area contributed by atoms with E-state index < -0.39 is 5.97 Å². The Morgan fingerprint density at radius 3 is 2.52 bits per heavy atom. The smallest absolute Gasteiger partial charge is 0.340 e. The Kier molecular flexibility index (Phi) is 5.79. The second kappa shape index (κ2) is 8.28. The Labute approximate surface area is 167 Å². The summed E-state index contributed by atoms with van der Waals surface area (Å²) >= 11 is 0. The normalized spacial score (nSPS) is 10.8. The highest BCUT2D eigenvalue weighted by Crippen LogP contribution is 2.36. The van der Waals surface area contributed by atoms with Crippen LogP contribution in [0.3, 0.4) is 0 Å². The molecule has 0 atom stereocenters. The number of carbonyl (C=O) groups excluding carboxylic acids is 2. The van der Waals surface area contributed by atoms with Gasteiger partial charge in [0.05, 0.1) is 30.1 Å².